The summed E-state index contributed by atoms with van der Waals surface area (Å²) in [5, 5.41) is 14.0. The number of carbonyl (C=O) groups excluding carboxylic acids is 2. The molecule has 3 aromatic carbocycles. The van der Waals surface area contributed by atoms with Gasteiger partial charge in [-0.3, -0.25) is 14.7 Å². The highest BCUT2D eigenvalue weighted by Gasteiger charge is 2.18. The number of nitrogens with one attached hydrogen (secondary N) is 3. The van der Waals surface area contributed by atoms with Crippen LogP contribution in [-0.2, 0) is 0 Å². The van der Waals surface area contributed by atoms with Gasteiger partial charge in [-0.2, -0.15) is 10.1 Å². The van der Waals surface area contributed by atoms with E-state index in [1.807, 2.05) is 12.1 Å². The minimum Gasteiger partial charge on any atom is -0.340 e. The predicted octanol–water partition coefficient (Wildman–Crippen LogP) is 5.68. The number of hydrogen-bond donors (Lipinski definition) is 3. The molecule has 0 aliphatic rings. The molecule has 174 valence electrons. The van der Waals surface area contributed by atoms with Crippen molar-refractivity contribution in [2.24, 2.45) is 0 Å². The first-order chi connectivity index (χ1) is 16.8. The zero-order chi connectivity index (χ0) is 24.7. The number of rotatable bonds is 6. The molecule has 0 amide bonds. The van der Waals surface area contributed by atoms with Crippen molar-refractivity contribution in [2.75, 3.05) is 10.6 Å². The van der Waals surface area contributed by atoms with Gasteiger partial charge in [0.25, 0.3) is 0 Å². The van der Waals surface area contributed by atoms with E-state index in [1.165, 1.54) is 26.0 Å². The fourth-order valence-corrected chi connectivity index (χ4v) is 3.80. The summed E-state index contributed by atoms with van der Waals surface area (Å²) >= 11 is 0. The smallest absolute Gasteiger partial charge is 0.229 e. The van der Waals surface area contributed by atoms with Crippen LogP contribution in [0.1, 0.15) is 34.6 Å². The van der Waals surface area contributed by atoms with Crippen LogP contribution >= 0.6 is 0 Å². The average molecular weight is 472 g/mol. The number of aromatic nitrogens is 4. The molecule has 5 aromatic rings. The summed E-state index contributed by atoms with van der Waals surface area (Å²) < 4.78 is 28.5. The minimum absolute atomic E-state index is 0.0986. The Morgan fingerprint density at radius 1 is 0.886 bits per heavy atom. The Morgan fingerprint density at radius 3 is 2.31 bits per heavy atom. The molecular formula is C25H18F2N6O2. The van der Waals surface area contributed by atoms with Crippen molar-refractivity contribution in [1.29, 1.82) is 0 Å². The van der Waals surface area contributed by atoms with Crippen LogP contribution in [0.5, 0.6) is 0 Å². The molecule has 2 aromatic heterocycles. The van der Waals surface area contributed by atoms with E-state index in [-0.39, 0.29) is 34.5 Å². The Bertz CT molecular complexity index is 1630. The maximum absolute atomic E-state index is 14.3. The zero-order valence-corrected chi connectivity index (χ0v) is 18.6. The molecule has 8 nitrogen and oxygen atoms in total. The highest BCUT2D eigenvalue weighted by Crippen LogP contribution is 2.31. The fraction of sp³-hybridized carbons (Fsp3) is 0.0800. The van der Waals surface area contributed by atoms with E-state index in [2.05, 4.69) is 30.8 Å². The normalized spacial score (nSPS) is 11.1. The SMILES string of the molecule is CC(=O)c1cc2nc(Nc3c(F)cccc3F)nc(Nc3ccc4[nH]ncc4c3)c2cc1C(C)=O. The Balaban J connectivity index is 1.70. The number of hydrogen-bond acceptors (Lipinski definition) is 7. The summed E-state index contributed by atoms with van der Waals surface area (Å²) in [5.74, 6) is -2.06. The summed E-state index contributed by atoms with van der Waals surface area (Å²) in [5.41, 5.74) is 1.80. The second-order valence-corrected chi connectivity index (χ2v) is 7.94. The number of halogens is 2. The number of H-pyrrole nitrogens is 1. The lowest BCUT2D eigenvalue weighted by molar-refractivity contribution is 0.0981. The number of nitrogens with zero attached hydrogens (tertiary/aromatic N) is 3. The number of aromatic amines is 1. The molecule has 0 unspecified atom stereocenters. The molecule has 0 radical (unpaired) electrons. The molecule has 0 aliphatic heterocycles. The summed E-state index contributed by atoms with van der Waals surface area (Å²) in [6.45, 7) is 2.72. The van der Waals surface area contributed by atoms with Crippen molar-refractivity contribution < 1.29 is 18.4 Å². The first kappa shape index (κ1) is 22.1. The number of para-hydroxylation sites is 1. The monoisotopic (exact) mass is 472 g/mol. The molecule has 35 heavy (non-hydrogen) atoms. The van der Waals surface area contributed by atoms with Crippen molar-refractivity contribution in [3.8, 4) is 0 Å². The maximum Gasteiger partial charge on any atom is 0.229 e. The van der Waals surface area contributed by atoms with Gasteiger partial charge in [0.15, 0.2) is 11.6 Å². The molecule has 0 saturated carbocycles. The van der Waals surface area contributed by atoms with Gasteiger partial charge in [-0.1, -0.05) is 6.07 Å². The summed E-state index contributed by atoms with van der Waals surface area (Å²) in [4.78, 5) is 33.3. The molecule has 0 bridgehead atoms. The Kier molecular flexibility index (Phi) is 5.40. The summed E-state index contributed by atoms with van der Waals surface area (Å²) in [7, 11) is 0. The molecule has 0 fully saturated rings. The molecule has 2 heterocycles. The van der Waals surface area contributed by atoms with E-state index in [4.69, 9.17) is 0 Å². The lowest BCUT2D eigenvalue weighted by Crippen LogP contribution is -2.08. The van der Waals surface area contributed by atoms with E-state index in [0.29, 0.717) is 16.6 Å². The molecule has 3 N–H and O–H groups in total. The quantitative estimate of drug-likeness (QED) is 0.273. The fourth-order valence-electron chi connectivity index (χ4n) is 3.80. The van der Waals surface area contributed by atoms with Gasteiger partial charge in [0, 0.05) is 27.6 Å². The van der Waals surface area contributed by atoms with Crippen molar-refractivity contribution in [1.82, 2.24) is 20.2 Å². The number of anilines is 4. The van der Waals surface area contributed by atoms with Crippen LogP contribution < -0.4 is 10.6 Å². The first-order valence-electron chi connectivity index (χ1n) is 10.6. The highest BCUT2D eigenvalue weighted by molar-refractivity contribution is 6.11. The van der Waals surface area contributed by atoms with Gasteiger partial charge in [0.05, 0.1) is 17.2 Å². The van der Waals surface area contributed by atoms with Crippen LogP contribution in [-0.4, -0.2) is 31.7 Å². The van der Waals surface area contributed by atoms with Gasteiger partial charge in [-0.05, 0) is 56.3 Å². The lowest BCUT2D eigenvalue weighted by atomic mass is 9.98. The van der Waals surface area contributed by atoms with Crippen LogP contribution in [0.25, 0.3) is 21.8 Å². The molecular weight excluding hydrogens is 454 g/mol. The van der Waals surface area contributed by atoms with E-state index in [0.717, 1.165) is 23.0 Å². The predicted molar refractivity (Wildman–Crippen MR) is 129 cm³/mol. The molecule has 0 spiro atoms. The topological polar surface area (TPSA) is 113 Å². The number of Topliss-reactive ketones (excluding diaryl/α,β-unsaturated/α-hetero) is 2. The standard InChI is InChI=1S/C25H18F2N6O2/c1-12(34)16-9-18-22(10-17(16)13(2)35)30-25(31-23-19(26)4-3-5-20(23)27)32-24(18)29-15-6-7-21-14(8-15)11-28-33-21/h3-11H,1-2H3,(H,28,33)(H2,29,30,31,32). The van der Waals surface area contributed by atoms with Crippen LogP contribution in [0, 0.1) is 11.6 Å². The van der Waals surface area contributed by atoms with Crippen molar-refractivity contribution in [2.45, 2.75) is 13.8 Å². The summed E-state index contributed by atoms with van der Waals surface area (Å²) in [6.07, 6.45) is 1.67. The third-order valence-corrected chi connectivity index (χ3v) is 5.50. The van der Waals surface area contributed by atoms with Crippen LogP contribution in [0.3, 0.4) is 0 Å². The molecule has 0 saturated heterocycles. The number of carbonyl (C=O) groups is 2. The lowest BCUT2D eigenvalue weighted by Gasteiger charge is -2.14. The van der Waals surface area contributed by atoms with Gasteiger partial charge < -0.3 is 10.6 Å². The molecule has 0 aliphatic carbocycles. The van der Waals surface area contributed by atoms with Gasteiger partial charge in [-0.25, -0.2) is 13.8 Å². The highest BCUT2D eigenvalue weighted by atomic mass is 19.1. The van der Waals surface area contributed by atoms with E-state index < -0.39 is 17.3 Å². The van der Waals surface area contributed by atoms with Gasteiger partial charge in [0.2, 0.25) is 5.95 Å². The number of benzene rings is 3. The van der Waals surface area contributed by atoms with Crippen molar-refractivity contribution >= 4 is 56.5 Å². The average Bonchev–Trinajstić information content (AvgIpc) is 3.28. The van der Waals surface area contributed by atoms with E-state index >= 15 is 0 Å². The second kappa shape index (κ2) is 8.56. The maximum atomic E-state index is 14.3. The largest absolute Gasteiger partial charge is 0.340 e. The van der Waals surface area contributed by atoms with Gasteiger partial charge >= 0.3 is 0 Å². The van der Waals surface area contributed by atoms with Crippen LogP contribution in [0.4, 0.5) is 31.9 Å². The second-order valence-electron chi connectivity index (χ2n) is 7.94. The van der Waals surface area contributed by atoms with E-state index in [9.17, 15) is 18.4 Å². The zero-order valence-electron chi connectivity index (χ0n) is 18.6. The van der Waals surface area contributed by atoms with Crippen molar-refractivity contribution in [3.05, 3.63) is 77.5 Å². The Morgan fingerprint density at radius 2 is 1.60 bits per heavy atom. The van der Waals surface area contributed by atoms with Gasteiger partial charge in [0.1, 0.15) is 23.1 Å². The molecule has 0 atom stereocenters. The minimum atomic E-state index is -0.815. The van der Waals surface area contributed by atoms with Crippen LogP contribution in [0.15, 0.2) is 54.7 Å². The van der Waals surface area contributed by atoms with Gasteiger partial charge in [-0.15, -0.1) is 0 Å². The van der Waals surface area contributed by atoms with Crippen molar-refractivity contribution in [3.63, 3.8) is 0 Å². The summed E-state index contributed by atoms with van der Waals surface area (Å²) in [6, 6.07) is 12.0. The molecule has 10 heteroatoms. The van der Waals surface area contributed by atoms with Crippen LogP contribution in [0.2, 0.25) is 0 Å². The number of fused-ring (bicyclic) bond motifs is 2. The number of ketones is 2. The Labute approximate surface area is 197 Å². The van der Waals surface area contributed by atoms with E-state index in [1.54, 1.807) is 18.3 Å². The first-order valence-corrected chi connectivity index (χ1v) is 10.6. The Hall–Kier alpha value is -4.73. The third-order valence-electron chi connectivity index (χ3n) is 5.50. The third kappa shape index (κ3) is 4.17. The molecule has 5 rings (SSSR count).